The molecule has 0 saturated carbocycles. The van der Waals surface area contributed by atoms with Gasteiger partial charge in [-0.1, -0.05) is 23.7 Å². The molecule has 3 nitrogen and oxygen atoms in total. The Morgan fingerprint density at radius 2 is 1.82 bits per heavy atom. The first-order valence-corrected chi connectivity index (χ1v) is 5.75. The van der Waals surface area contributed by atoms with Gasteiger partial charge in [-0.05, 0) is 35.4 Å². The van der Waals surface area contributed by atoms with Gasteiger partial charge in [-0.25, -0.2) is 9.97 Å². The molecule has 2 rings (SSSR count). The molecule has 5 heteroatoms. The summed E-state index contributed by atoms with van der Waals surface area (Å²) in [6.07, 6.45) is 0.659. The van der Waals surface area contributed by atoms with Gasteiger partial charge in [0.25, 0.3) is 0 Å². The van der Waals surface area contributed by atoms with Crippen LogP contribution in [0.2, 0.25) is 10.4 Å². The van der Waals surface area contributed by atoms with Gasteiger partial charge in [-0.15, -0.1) is 0 Å². The Kier molecular flexibility index (Phi) is 3.82. The maximum atomic E-state index is 5.81. The van der Waals surface area contributed by atoms with Gasteiger partial charge in [0.2, 0.25) is 5.28 Å². The summed E-state index contributed by atoms with van der Waals surface area (Å²) in [5.41, 5.74) is 1.90. The molecule has 0 amide bonds. The number of aromatic nitrogens is 2. The van der Waals surface area contributed by atoms with E-state index in [1.807, 2.05) is 24.3 Å². The van der Waals surface area contributed by atoms with Crippen molar-refractivity contribution in [2.75, 3.05) is 7.11 Å². The van der Waals surface area contributed by atoms with Crippen LogP contribution in [0, 0.1) is 0 Å². The van der Waals surface area contributed by atoms with Crippen LogP contribution in [-0.4, -0.2) is 17.1 Å². The first-order valence-electron chi connectivity index (χ1n) is 4.99. The highest BCUT2D eigenvalue weighted by Gasteiger charge is 2.03. The minimum absolute atomic E-state index is 0.168. The van der Waals surface area contributed by atoms with Crippen molar-refractivity contribution in [1.29, 1.82) is 0 Å². The van der Waals surface area contributed by atoms with Crippen molar-refractivity contribution < 1.29 is 4.74 Å². The summed E-state index contributed by atoms with van der Waals surface area (Å²) >= 11 is 11.5. The van der Waals surface area contributed by atoms with E-state index in [1.165, 1.54) is 0 Å². The Bertz CT molecular complexity index is 494. The molecule has 1 aromatic carbocycles. The lowest BCUT2D eigenvalue weighted by Gasteiger charge is -2.04. The van der Waals surface area contributed by atoms with E-state index in [2.05, 4.69) is 9.97 Å². The van der Waals surface area contributed by atoms with E-state index in [4.69, 9.17) is 27.9 Å². The topological polar surface area (TPSA) is 35.0 Å². The lowest BCUT2D eigenvalue weighted by Crippen LogP contribution is -1.95. The summed E-state index contributed by atoms with van der Waals surface area (Å²) in [4.78, 5) is 7.91. The van der Waals surface area contributed by atoms with Gasteiger partial charge in [0.1, 0.15) is 10.9 Å². The van der Waals surface area contributed by atoms with E-state index in [9.17, 15) is 0 Å². The van der Waals surface area contributed by atoms with Gasteiger partial charge in [0, 0.05) is 6.42 Å². The Morgan fingerprint density at radius 1 is 1.12 bits per heavy atom. The molecule has 0 spiro atoms. The average Bonchev–Trinajstić information content (AvgIpc) is 2.28. The van der Waals surface area contributed by atoms with Crippen molar-refractivity contribution in [3.05, 3.63) is 52.0 Å². The summed E-state index contributed by atoms with van der Waals surface area (Å²) in [7, 11) is 1.64. The number of nitrogens with zero attached hydrogens (tertiary/aromatic N) is 2. The molecule has 0 unspecified atom stereocenters. The van der Waals surface area contributed by atoms with E-state index >= 15 is 0 Å². The minimum atomic E-state index is 0.168. The normalized spacial score (nSPS) is 10.3. The molecule has 0 aliphatic carbocycles. The van der Waals surface area contributed by atoms with Crippen LogP contribution < -0.4 is 4.74 Å². The molecule has 0 N–H and O–H groups in total. The van der Waals surface area contributed by atoms with Crippen molar-refractivity contribution in [1.82, 2.24) is 9.97 Å². The highest BCUT2D eigenvalue weighted by Crippen LogP contribution is 2.16. The van der Waals surface area contributed by atoms with Crippen LogP contribution in [0.3, 0.4) is 0 Å². The van der Waals surface area contributed by atoms with Crippen LogP contribution in [0.4, 0.5) is 0 Å². The second kappa shape index (κ2) is 5.34. The number of hydrogen-bond acceptors (Lipinski definition) is 3. The van der Waals surface area contributed by atoms with Crippen LogP contribution >= 0.6 is 23.2 Å². The van der Waals surface area contributed by atoms with Gasteiger partial charge in [0.05, 0.1) is 12.8 Å². The predicted octanol–water partition coefficient (Wildman–Crippen LogP) is 3.38. The number of methoxy groups -OCH3 is 1. The first-order chi connectivity index (χ1) is 8.17. The van der Waals surface area contributed by atoms with Gasteiger partial charge < -0.3 is 4.74 Å². The summed E-state index contributed by atoms with van der Waals surface area (Å²) < 4.78 is 5.09. The van der Waals surface area contributed by atoms with Gasteiger partial charge >= 0.3 is 0 Å². The number of halogens is 2. The molecule has 1 aromatic heterocycles. The van der Waals surface area contributed by atoms with Crippen molar-refractivity contribution in [3.8, 4) is 5.75 Å². The molecule has 0 aliphatic heterocycles. The van der Waals surface area contributed by atoms with E-state index in [-0.39, 0.29) is 5.28 Å². The molecule has 17 heavy (non-hydrogen) atoms. The maximum Gasteiger partial charge on any atom is 0.224 e. The molecule has 1 heterocycles. The van der Waals surface area contributed by atoms with Gasteiger partial charge in [-0.3, -0.25) is 0 Å². The summed E-state index contributed by atoms with van der Waals surface area (Å²) in [6, 6.07) is 9.46. The quantitative estimate of drug-likeness (QED) is 0.632. The smallest absolute Gasteiger partial charge is 0.224 e. The zero-order valence-corrected chi connectivity index (χ0v) is 10.7. The van der Waals surface area contributed by atoms with Crippen LogP contribution in [0.5, 0.6) is 5.75 Å². The Labute approximate surface area is 109 Å². The average molecular weight is 269 g/mol. The summed E-state index contributed by atoms with van der Waals surface area (Å²) in [5.74, 6) is 0.826. The van der Waals surface area contributed by atoms with E-state index in [0.717, 1.165) is 17.0 Å². The summed E-state index contributed by atoms with van der Waals surface area (Å²) in [6.45, 7) is 0. The second-order valence-corrected chi connectivity index (χ2v) is 4.20. The zero-order valence-electron chi connectivity index (χ0n) is 9.15. The fourth-order valence-corrected chi connectivity index (χ4v) is 1.93. The Morgan fingerprint density at radius 3 is 2.41 bits per heavy atom. The monoisotopic (exact) mass is 268 g/mol. The number of ether oxygens (including phenoxy) is 1. The van der Waals surface area contributed by atoms with Gasteiger partial charge in [0.15, 0.2) is 0 Å². The highest BCUT2D eigenvalue weighted by atomic mass is 35.5. The molecule has 2 aromatic rings. The third-order valence-corrected chi connectivity index (χ3v) is 2.63. The van der Waals surface area contributed by atoms with E-state index in [0.29, 0.717) is 11.6 Å². The molecular formula is C12H10Cl2N2O. The number of rotatable bonds is 3. The maximum absolute atomic E-state index is 5.81. The molecule has 0 radical (unpaired) electrons. The standard InChI is InChI=1S/C12H10Cl2N2O/c1-17-10-4-2-8(3-5-10)6-9-7-11(13)16-12(14)15-9/h2-5,7H,6H2,1H3. The van der Waals surface area contributed by atoms with Crippen molar-refractivity contribution in [3.63, 3.8) is 0 Å². The number of benzene rings is 1. The highest BCUT2D eigenvalue weighted by molar-refractivity contribution is 6.31. The molecule has 88 valence electrons. The van der Waals surface area contributed by atoms with Crippen molar-refractivity contribution in [2.45, 2.75) is 6.42 Å². The second-order valence-electron chi connectivity index (χ2n) is 3.48. The largest absolute Gasteiger partial charge is 0.497 e. The van der Waals surface area contributed by atoms with Crippen LogP contribution in [-0.2, 0) is 6.42 Å². The molecule has 0 fully saturated rings. The SMILES string of the molecule is COc1ccc(Cc2cc(Cl)nc(Cl)n2)cc1. The Balaban J connectivity index is 2.19. The lowest BCUT2D eigenvalue weighted by molar-refractivity contribution is 0.414. The third kappa shape index (κ3) is 3.32. The van der Waals surface area contributed by atoms with E-state index in [1.54, 1.807) is 13.2 Å². The number of hydrogen-bond donors (Lipinski definition) is 0. The lowest BCUT2D eigenvalue weighted by atomic mass is 10.1. The molecule has 0 atom stereocenters. The fourth-order valence-electron chi connectivity index (χ4n) is 1.48. The van der Waals surface area contributed by atoms with Gasteiger partial charge in [-0.2, -0.15) is 0 Å². The van der Waals surface area contributed by atoms with Crippen LogP contribution in [0.25, 0.3) is 0 Å². The summed E-state index contributed by atoms with van der Waals surface area (Å²) in [5, 5.41) is 0.523. The first kappa shape index (κ1) is 12.1. The van der Waals surface area contributed by atoms with E-state index < -0.39 is 0 Å². The zero-order chi connectivity index (χ0) is 12.3. The predicted molar refractivity (Wildman–Crippen MR) is 67.9 cm³/mol. The Hall–Kier alpha value is -1.32. The molecular weight excluding hydrogens is 259 g/mol. The van der Waals surface area contributed by atoms with Crippen LogP contribution in [0.15, 0.2) is 30.3 Å². The van der Waals surface area contributed by atoms with Crippen molar-refractivity contribution >= 4 is 23.2 Å². The third-order valence-electron chi connectivity index (χ3n) is 2.26. The minimum Gasteiger partial charge on any atom is -0.497 e. The molecule has 0 aliphatic rings. The van der Waals surface area contributed by atoms with Crippen LogP contribution in [0.1, 0.15) is 11.3 Å². The molecule has 0 bridgehead atoms. The molecule has 0 saturated heterocycles. The fraction of sp³-hybridized carbons (Fsp3) is 0.167. The van der Waals surface area contributed by atoms with Crippen molar-refractivity contribution in [2.24, 2.45) is 0 Å².